The van der Waals surface area contributed by atoms with E-state index in [9.17, 15) is 4.79 Å². The maximum absolute atomic E-state index is 12.9. The monoisotopic (exact) mass is 436 g/mol. The fourth-order valence-electron chi connectivity index (χ4n) is 5.13. The molecule has 1 aliphatic heterocycles. The highest BCUT2D eigenvalue weighted by molar-refractivity contribution is 6.34. The van der Waals surface area contributed by atoms with Crippen LogP contribution in [0.25, 0.3) is 10.8 Å². The number of halogens is 1. The highest BCUT2D eigenvalue weighted by Gasteiger charge is 2.38. The molecule has 1 aromatic heterocycles. The molecule has 4 rings (SSSR count). The number of ketones is 1. The van der Waals surface area contributed by atoms with Gasteiger partial charge >= 0.3 is 0 Å². The Kier molecular flexibility index (Phi) is 5.80. The summed E-state index contributed by atoms with van der Waals surface area (Å²) in [5, 5.41) is 5.88. The zero-order chi connectivity index (χ0) is 22.2. The summed E-state index contributed by atoms with van der Waals surface area (Å²) in [5.41, 5.74) is 0.814. The lowest BCUT2D eigenvalue weighted by Gasteiger charge is -2.46. The number of aromatic nitrogens is 1. The van der Waals surface area contributed by atoms with E-state index < -0.39 is 0 Å². The SMILES string of the molecule is CC1(C)CC(CC(=O)c2ccc(Oc3cccc4c(Cl)nccc34)cc2)CC(C)(C)N1. The number of benzene rings is 2. The van der Waals surface area contributed by atoms with Crippen LogP contribution in [-0.2, 0) is 0 Å². The maximum Gasteiger partial charge on any atom is 0.163 e. The Labute approximate surface area is 189 Å². The predicted molar refractivity (Wildman–Crippen MR) is 126 cm³/mol. The molecule has 0 unspecified atom stereocenters. The third-order valence-electron chi connectivity index (χ3n) is 5.87. The molecule has 1 aliphatic rings. The Bertz CT molecular complexity index is 1090. The van der Waals surface area contributed by atoms with Crippen molar-refractivity contribution in [1.82, 2.24) is 10.3 Å². The summed E-state index contributed by atoms with van der Waals surface area (Å²) in [6.45, 7) is 8.87. The molecular formula is C26H29ClN2O2. The number of ether oxygens (including phenoxy) is 1. The highest BCUT2D eigenvalue weighted by Crippen LogP contribution is 2.36. The van der Waals surface area contributed by atoms with Crippen LogP contribution in [0.4, 0.5) is 0 Å². The van der Waals surface area contributed by atoms with Crippen molar-refractivity contribution in [2.45, 2.75) is 58.0 Å². The summed E-state index contributed by atoms with van der Waals surface area (Å²) >= 11 is 6.19. The first kappa shape index (κ1) is 21.8. The lowest BCUT2D eigenvalue weighted by Crippen LogP contribution is -2.57. The van der Waals surface area contributed by atoms with E-state index in [1.165, 1.54) is 0 Å². The molecule has 0 radical (unpaired) electrons. The molecule has 1 saturated heterocycles. The zero-order valence-electron chi connectivity index (χ0n) is 18.5. The van der Waals surface area contributed by atoms with Crippen LogP contribution in [0, 0.1) is 5.92 Å². The van der Waals surface area contributed by atoms with Crippen LogP contribution in [0.5, 0.6) is 11.5 Å². The van der Waals surface area contributed by atoms with Gasteiger partial charge in [0.15, 0.2) is 5.78 Å². The third kappa shape index (κ3) is 5.08. The molecule has 5 heteroatoms. The number of hydrogen-bond acceptors (Lipinski definition) is 4. The fourth-order valence-corrected chi connectivity index (χ4v) is 5.35. The summed E-state index contributed by atoms with van der Waals surface area (Å²) < 4.78 is 6.08. The minimum Gasteiger partial charge on any atom is -0.457 e. The van der Waals surface area contributed by atoms with Gasteiger partial charge in [-0.1, -0.05) is 23.7 Å². The molecule has 2 heterocycles. The first-order valence-corrected chi connectivity index (χ1v) is 11.1. The molecule has 1 N–H and O–H groups in total. The van der Waals surface area contributed by atoms with Crippen molar-refractivity contribution in [2.24, 2.45) is 5.92 Å². The Balaban J connectivity index is 1.46. The van der Waals surface area contributed by atoms with Crippen molar-refractivity contribution >= 4 is 28.2 Å². The summed E-state index contributed by atoms with van der Waals surface area (Å²) in [7, 11) is 0. The van der Waals surface area contributed by atoms with Gasteiger partial charge in [-0.3, -0.25) is 4.79 Å². The van der Waals surface area contributed by atoms with Gasteiger partial charge in [0.25, 0.3) is 0 Å². The van der Waals surface area contributed by atoms with Crippen LogP contribution < -0.4 is 10.1 Å². The topological polar surface area (TPSA) is 51.2 Å². The second-order valence-corrected chi connectivity index (χ2v) is 10.2. The van der Waals surface area contributed by atoms with E-state index in [2.05, 4.69) is 38.0 Å². The number of rotatable bonds is 5. The number of nitrogens with one attached hydrogen (secondary N) is 1. The molecule has 0 atom stereocenters. The van der Waals surface area contributed by atoms with Crippen molar-refractivity contribution in [3.05, 3.63) is 65.4 Å². The average molecular weight is 437 g/mol. The molecule has 0 aliphatic carbocycles. The molecule has 162 valence electrons. The lowest BCUT2D eigenvalue weighted by molar-refractivity contribution is 0.0864. The molecule has 0 amide bonds. The number of nitrogens with zero attached hydrogens (tertiary/aromatic N) is 1. The Morgan fingerprint density at radius 3 is 2.39 bits per heavy atom. The van der Waals surface area contributed by atoms with Gasteiger partial charge in [0.05, 0.1) is 0 Å². The number of fused-ring (bicyclic) bond motifs is 1. The van der Waals surface area contributed by atoms with E-state index in [1.807, 2.05) is 48.5 Å². The summed E-state index contributed by atoms with van der Waals surface area (Å²) in [6, 6.07) is 15.0. The van der Waals surface area contributed by atoms with Crippen molar-refractivity contribution < 1.29 is 9.53 Å². The van der Waals surface area contributed by atoms with Gasteiger partial charge in [-0.2, -0.15) is 0 Å². The normalized spacial score (nSPS) is 18.1. The first-order chi connectivity index (χ1) is 14.6. The van der Waals surface area contributed by atoms with Crippen molar-refractivity contribution in [1.29, 1.82) is 0 Å². The standard InChI is InChI=1S/C26H29ClN2O2/c1-25(2)15-17(16-26(3,4)29-25)14-22(30)18-8-10-19(11-9-18)31-23-7-5-6-21-20(23)12-13-28-24(21)27/h5-13,17,29H,14-16H2,1-4H3. The second kappa shape index (κ2) is 8.25. The van der Waals surface area contributed by atoms with Crippen molar-refractivity contribution in [2.75, 3.05) is 0 Å². The zero-order valence-corrected chi connectivity index (χ0v) is 19.3. The van der Waals surface area contributed by atoms with Gasteiger partial charge in [-0.15, -0.1) is 0 Å². The molecule has 31 heavy (non-hydrogen) atoms. The summed E-state index contributed by atoms with van der Waals surface area (Å²) in [5.74, 6) is 1.96. The number of hydrogen-bond donors (Lipinski definition) is 1. The van der Waals surface area contributed by atoms with Crippen LogP contribution in [0.15, 0.2) is 54.7 Å². The van der Waals surface area contributed by atoms with Crippen LogP contribution in [0.1, 0.15) is 57.3 Å². The number of Topliss-reactive ketones (excluding diaryl/α,β-unsaturated/α-hetero) is 1. The predicted octanol–water partition coefficient (Wildman–Crippen LogP) is 6.81. The third-order valence-corrected chi connectivity index (χ3v) is 6.17. The molecule has 0 bridgehead atoms. The quantitative estimate of drug-likeness (QED) is 0.352. The second-order valence-electron chi connectivity index (χ2n) is 9.87. The van der Waals surface area contributed by atoms with E-state index in [0.717, 1.165) is 29.2 Å². The summed E-state index contributed by atoms with van der Waals surface area (Å²) in [6.07, 6.45) is 4.25. The summed E-state index contributed by atoms with van der Waals surface area (Å²) in [4.78, 5) is 17.1. The average Bonchev–Trinajstić information content (AvgIpc) is 2.67. The molecule has 1 fully saturated rings. The Morgan fingerprint density at radius 2 is 1.71 bits per heavy atom. The van der Waals surface area contributed by atoms with Crippen molar-refractivity contribution in [3.8, 4) is 11.5 Å². The lowest BCUT2D eigenvalue weighted by atomic mass is 9.74. The molecule has 0 spiro atoms. The van der Waals surface area contributed by atoms with Gasteiger partial charge < -0.3 is 10.1 Å². The molecule has 2 aromatic carbocycles. The van der Waals surface area contributed by atoms with Gasteiger partial charge in [-0.25, -0.2) is 4.98 Å². The van der Waals surface area contributed by atoms with Crippen molar-refractivity contribution in [3.63, 3.8) is 0 Å². The Hall–Kier alpha value is -2.43. The number of carbonyl (C=O) groups excluding carboxylic acids is 1. The minimum atomic E-state index is 0.0429. The highest BCUT2D eigenvalue weighted by atomic mass is 35.5. The van der Waals surface area contributed by atoms with Crippen LogP contribution in [0.3, 0.4) is 0 Å². The maximum atomic E-state index is 12.9. The molecule has 4 nitrogen and oxygen atoms in total. The van der Waals surface area contributed by atoms with Crippen LogP contribution in [0.2, 0.25) is 5.15 Å². The minimum absolute atomic E-state index is 0.0429. The largest absolute Gasteiger partial charge is 0.457 e. The van der Waals surface area contributed by atoms with E-state index in [1.54, 1.807) is 6.20 Å². The van der Waals surface area contributed by atoms with Gasteiger partial charge in [-0.05, 0) is 82.9 Å². The van der Waals surface area contributed by atoms with Crippen LogP contribution >= 0.6 is 11.6 Å². The van der Waals surface area contributed by atoms with E-state index in [0.29, 0.717) is 29.0 Å². The number of piperidine rings is 1. The Morgan fingerprint density at radius 1 is 1.03 bits per heavy atom. The molecule has 0 saturated carbocycles. The smallest absolute Gasteiger partial charge is 0.163 e. The molecule has 3 aromatic rings. The molecular weight excluding hydrogens is 408 g/mol. The van der Waals surface area contributed by atoms with Crippen LogP contribution in [-0.4, -0.2) is 21.8 Å². The van der Waals surface area contributed by atoms with E-state index in [4.69, 9.17) is 16.3 Å². The fraction of sp³-hybridized carbons (Fsp3) is 0.385. The van der Waals surface area contributed by atoms with Gasteiger partial charge in [0.2, 0.25) is 0 Å². The van der Waals surface area contributed by atoms with Gasteiger partial charge in [0.1, 0.15) is 16.7 Å². The number of carbonyl (C=O) groups is 1. The van der Waals surface area contributed by atoms with Gasteiger partial charge in [0, 0.05) is 40.0 Å². The van der Waals surface area contributed by atoms with E-state index in [-0.39, 0.29) is 16.9 Å². The number of pyridine rings is 1. The van der Waals surface area contributed by atoms with E-state index >= 15 is 0 Å². The first-order valence-electron chi connectivity index (χ1n) is 10.8.